The van der Waals surface area contributed by atoms with Gasteiger partial charge in [0.15, 0.2) is 0 Å². The smallest absolute Gasteiger partial charge is 0.228 e. The van der Waals surface area contributed by atoms with Crippen molar-refractivity contribution in [2.45, 2.75) is 12.3 Å². The summed E-state index contributed by atoms with van der Waals surface area (Å²) in [5.41, 5.74) is 14.4. The number of hydrogen-bond donors (Lipinski definition) is 1. The number of rotatable bonds is 4. The van der Waals surface area contributed by atoms with Crippen molar-refractivity contribution in [2.75, 3.05) is 5.75 Å². The molecule has 1 amide bonds. The van der Waals surface area contributed by atoms with Crippen LogP contribution in [0.4, 0.5) is 0 Å². The first-order valence-electron chi connectivity index (χ1n) is 2.76. The Morgan fingerprint density at radius 2 is 2.55 bits per heavy atom. The lowest BCUT2D eigenvalue weighted by Gasteiger charge is -1.98. The van der Waals surface area contributed by atoms with Gasteiger partial charge in [-0.2, -0.15) is 5.11 Å². The summed E-state index contributed by atoms with van der Waals surface area (Å²) in [5, 5.41) is 5.74. The Morgan fingerprint density at radius 1 is 1.91 bits per heavy atom. The van der Waals surface area contributed by atoms with Gasteiger partial charge in [0.2, 0.25) is 5.91 Å². The summed E-state index contributed by atoms with van der Waals surface area (Å²) in [6.45, 7) is 1.68. The van der Waals surface area contributed by atoms with Crippen LogP contribution in [0, 0.1) is 5.53 Å². The molecule has 7 heteroatoms. The van der Waals surface area contributed by atoms with Gasteiger partial charge in [0.05, 0.1) is 5.75 Å². The van der Waals surface area contributed by atoms with Gasteiger partial charge in [-0.15, -0.1) is 11.8 Å². The van der Waals surface area contributed by atoms with Gasteiger partial charge >= 0.3 is 0 Å². The van der Waals surface area contributed by atoms with Gasteiger partial charge in [-0.05, 0) is 17.6 Å². The molecule has 0 rings (SSSR count). The fourth-order valence-electron chi connectivity index (χ4n) is 0.308. The van der Waals surface area contributed by atoms with Crippen molar-refractivity contribution in [3.05, 3.63) is 10.4 Å². The average Bonchev–Trinajstić information content (AvgIpc) is 2.01. The largest absolute Gasteiger partial charge is 0.292 e. The second-order valence-electron chi connectivity index (χ2n) is 1.62. The zero-order valence-electron chi connectivity index (χ0n) is 5.89. The van der Waals surface area contributed by atoms with Gasteiger partial charge in [-0.1, -0.05) is 0 Å². The van der Waals surface area contributed by atoms with Crippen LogP contribution in [-0.2, 0) is 4.79 Å². The number of nitrogens with zero attached hydrogens (tertiary/aromatic N) is 4. The van der Waals surface area contributed by atoms with E-state index in [0.717, 1.165) is 11.8 Å². The van der Waals surface area contributed by atoms with Crippen molar-refractivity contribution >= 4 is 17.7 Å². The highest BCUT2D eigenvalue weighted by atomic mass is 32.2. The molecular weight excluding hydrogens is 166 g/mol. The Bertz CT molecular complexity index is 199. The predicted molar refractivity (Wildman–Crippen MR) is 41.2 cm³/mol. The molecule has 1 N–H and O–H groups in total. The molecule has 0 radical (unpaired) electrons. The summed E-state index contributed by atoms with van der Waals surface area (Å²) in [4.78, 5) is 12.8. The van der Waals surface area contributed by atoms with E-state index < -0.39 is 5.91 Å². The molecule has 0 aliphatic carbocycles. The molecule has 0 aliphatic heterocycles. The van der Waals surface area contributed by atoms with Gasteiger partial charge in [-0.3, -0.25) is 4.79 Å². The summed E-state index contributed by atoms with van der Waals surface area (Å²) in [7, 11) is 0. The first-order valence-corrected chi connectivity index (χ1v) is 3.81. The first-order chi connectivity index (χ1) is 5.20. The Morgan fingerprint density at radius 3 is 3.00 bits per heavy atom. The highest BCUT2D eigenvalue weighted by Crippen LogP contribution is 2.10. The van der Waals surface area contributed by atoms with Gasteiger partial charge in [0.25, 0.3) is 0 Å². The van der Waals surface area contributed by atoms with Gasteiger partial charge in [0, 0.05) is 4.91 Å². The monoisotopic (exact) mass is 173 g/mol. The third-order valence-corrected chi connectivity index (χ3v) is 1.79. The van der Waals surface area contributed by atoms with E-state index in [4.69, 9.17) is 11.1 Å². The van der Waals surface area contributed by atoms with Crippen molar-refractivity contribution < 1.29 is 4.79 Å². The molecule has 0 aromatic heterocycles. The van der Waals surface area contributed by atoms with E-state index in [1.807, 2.05) is 0 Å². The van der Waals surface area contributed by atoms with Crippen LogP contribution in [-0.4, -0.2) is 17.0 Å². The van der Waals surface area contributed by atoms with Crippen molar-refractivity contribution in [3.63, 3.8) is 0 Å². The lowest BCUT2D eigenvalue weighted by atomic mass is 10.8. The van der Waals surface area contributed by atoms with E-state index in [0.29, 0.717) is 0 Å². The van der Waals surface area contributed by atoms with Crippen LogP contribution < -0.4 is 0 Å². The molecule has 0 bridgehead atoms. The molecule has 0 saturated heterocycles. The quantitative estimate of drug-likeness (QED) is 0.398. The molecule has 6 nitrogen and oxygen atoms in total. The lowest BCUT2D eigenvalue weighted by Crippen LogP contribution is -1.99. The van der Waals surface area contributed by atoms with Crippen LogP contribution in [0.25, 0.3) is 10.4 Å². The van der Waals surface area contributed by atoms with Gasteiger partial charge < -0.3 is 0 Å². The molecule has 0 aromatic carbocycles. The van der Waals surface area contributed by atoms with Gasteiger partial charge in [-0.25, -0.2) is 5.53 Å². The molecule has 0 fully saturated rings. The van der Waals surface area contributed by atoms with Crippen LogP contribution in [0.3, 0.4) is 0 Å². The maximum Gasteiger partial charge on any atom is 0.228 e. The van der Waals surface area contributed by atoms with Crippen molar-refractivity contribution in [1.82, 2.24) is 0 Å². The van der Waals surface area contributed by atoms with Gasteiger partial charge in [0.1, 0.15) is 5.37 Å². The topological polar surface area (TPSA) is 102 Å². The molecule has 0 aliphatic rings. The summed E-state index contributed by atoms with van der Waals surface area (Å²) < 4.78 is 0. The molecular formula is C4H7N5OS. The van der Waals surface area contributed by atoms with E-state index in [9.17, 15) is 4.79 Å². The fraction of sp³-hybridized carbons (Fsp3) is 0.750. The van der Waals surface area contributed by atoms with E-state index in [-0.39, 0.29) is 11.1 Å². The van der Waals surface area contributed by atoms with Crippen molar-refractivity contribution in [1.29, 1.82) is 5.53 Å². The number of hydrogen-bond acceptors (Lipinski definition) is 4. The Kier molecular flexibility index (Phi) is 5.14. The summed E-state index contributed by atoms with van der Waals surface area (Å²) >= 11 is 1.16. The van der Waals surface area contributed by atoms with E-state index in [2.05, 4.69) is 15.1 Å². The molecule has 0 saturated carbocycles. The summed E-state index contributed by atoms with van der Waals surface area (Å²) in [5.74, 6) is -0.457. The second-order valence-corrected chi connectivity index (χ2v) is 2.93. The predicted octanol–water partition coefficient (Wildman–Crippen LogP) is 1.93. The molecule has 60 valence electrons. The normalized spacial score (nSPS) is 11.4. The number of thioether (sulfide) groups is 1. The van der Waals surface area contributed by atoms with E-state index in [1.54, 1.807) is 6.92 Å². The summed E-state index contributed by atoms with van der Waals surface area (Å²) in [6, 6.07) is 0. The number of amides is 1. The maximum absolute atomic E-state index is 10.5. The number of carbonyl (C=O) groups is 1. The van der Waals surface area contributed by atoms with Crippen LogP contribution >= 0.6 is 11.8 Å². The van der Waals surface area contributed by atoms with Crippen LogP contribution in [0.2, 0.25) is 0 Å². The molecule has 0 spiro atoms. The van der Waals surface area contributed by atoms with E-state index in [1.165, 1.54) is 0 Å². The Balaban J connectivity index is 3.61. The van der Waals surface area contributed by atoms with Crippen LogP contribution in [0.5, 0.6) is 0 Å². The van der Waals surface area contributed by atoms with Crippen LogP contribution in [0.15, 0.2) is 10.2 Å². The Labute approximate surface area is 67.5 Å². The first kappa shape index (κ1) is 9.93. The van der Waals surface area contributed by atoms with Crippen molar-refractivity contribution in [2.24, 2.45) is 10.2 Å². The Hall–Kier alpha value is -1.07. The standard InChI is InChI=1S/C4H7N5OS/c1-3(7-5)11-2-4(10)8-9-6/h3,5H,2H2,1H3. The maximum atomic E-state index is 10.5. The molecule has 1 unspecified atom stereocenters. The summed E-state index contributed by atoms with van der Waals surface area (Å²) in [6.07, 6.45) is 0. The number of azide groups is 1. The van der Waals surface area contributed by atoms with Crippen molar-refractivity contribution in [3.8, 4) is 0 Å². The minimum absolute atomic E-state index is 0.0770. The highest BCUT2D eigenvalue weighted by molar-refractivity contribution is 8.00. The van der Waals surface area contributed by atoms with E-state index >= 15 is 0 Å². The average molecular weight is 173 g/mol. The second kappa shape index (κ2) is 5.70. The molecule has 0 aromatic rings. The molecule has 0 heterocycles. The molecule has 11 heavy (non-hydrogen) atoms. The minimum atomic E-state index is -0.534. The highest BCUT2D eigenvalue weighted by Gasteiger charge is 2.02. The third-order valence-electron chi connectivity index (χ3n) is 0.786. The number of nitrogens with one attached hydrogen (secondary N) is 1. The molecule has 1 atom stereocenters. The third kappa shape index (κ3) is 5.38. The van der Waals surface area contributed by atoms with Crippen LogP contribution in [0.1, 0.15) is 6.92 Å². The lowest BCUT2D eigenvalue weighted by molar-refractivity contribution is -0.115. The SMILES string of the molecule is CC(N=N)SCC(=O)N=[N+]=[N-]. The minimum Gasteiger partial charge on any atom is -0.292 e. The number of carbonyl (C=O) groups excluding carboxylic acids is 1. The zero-order valence-corrected chi connectivity index (χ0v) is 6.71. The zero-order chi connectivity index (χ0) is 8.69. The fourth-order valence-corrected chi connectivity index (χ4v) is 0.824.